The summed E-state index contributed by atoms with van der Waals surface area (Å²) in [5, 5.41) is 17.4. The molecule has 0 saturated heterocycles. The van der Waals surface area contributed by atoms with Crippen LogP contribution in [0.5, 0.6) is 0 Å². The number of nitriles is 1. The van der Waals surface area contributed by atoms with Gasteiger partial charge in [-0.25, -0.2) is 9.97 Å². The van der Waals surface area contributed by atoms with Crippen molar-refractivity contribution in [3.05, 3.63) is 18.1 Å². The highest BCUT2D eigenvalue weighted by atomic mass is 19.4. The van der Waals surface area contributed by atoms with Crippen molar-refractivity contribution in [2.45, 2.75) is 6.18 Å². The molecule has 0 aliphatic carbocycles. The first-order valence-corrected chi connectivity index (χ1v) is 4.61. The van der Waals surface area contributed by atoms with E-state index < -0.39 is 19.3 Å². The van der Waals surface area contributed by atoms with Crippen LogP contribution in [0.4, 0.5) is 19.0 Å². The second kappa shape index (κ2) is 5.45. The number of anilines is 1. The lowest BCUT2D eigenvalue weighted by atomic mass is 10.3. The number of aliphatic hydroxyl groups is 1. The van der Waals surface area contributed by atoms with Gasteiger partial charge in [0.2, 0.25) is 0 Å². The van der Waals surface area contributed by atoms with Crippen molar-refractivity contribution >= 4 is 5.82 Å². The third-order valence-electron chi connectivity index (χ3n) is 1.82. The first kappa shape index (κ1) is 13.2. The molecule has 5 nitrogen and oxygen atoms in total. The van der Waals surface area contributed by atoms with Gasteiger partial charge in [0.15, 0.2) is 11.5 Å². The molecular formula is C9H9F3N4O. The topological polar surface area (TPSA) is 73.0 Å². The van der Waals surface area contributed by atoms with E-state index in [-0.39, 0.29) is 18.1 Å². The zero-order valence-electron chi connectivity index (χ0n) is 8.65. The first-order valence-electron chi connectivity index (χ1n) is 4.61. The molecule has 92 valence electrons. The number of nitrogens with zero attached hydrogens (tertiary/aromatic N) is 4. The molecule has 1 heterocycles. The number of hydrogen-bond donors (Lipinski definition) is 1. The van der Waals surface area contributed by atoms with Gasteiger partial charge in [0.25, 0.3) is 0 Å². The molecule has 0 amide bonds. The molecule has 1 N–H and O–H groups in total. The largest absolute Gasteiger partial charge is 0.405 e. The van der Waals surface area contributed by atoms with Crippen LogP contribution < -0.4 is 4.90 Å². The summed E-state index contributed by atoms with van der Waals surface area (Å²) in [7, 11) is 0. The van der Waals surface area contributed by atoms with Gasteiger partial charge in [-0.15, -0.1) is 0 Å². The average Bonchev–Trinajstić information content (AvgIpc) is 2.27. The van der Waals surface area contributed by atoms with Crippen molar-refractivity contribution < 1.29 is 18.3 Å². The second-order valence-corrected chi connectivity index (χ2v) is 3.10. The van der Waals surface area contributed by atoms with Crippen LogP contribution in [0.3, 0.4) is 0 Å². The van der Waals surface area contributed by atoms with Crippen LogP contribution in [0.2, 0.25) is 0 Å². The lowest BCUT2D eigenvalue weighted by Gasteiger charge is -2.24. The minimum atomic E-state index is -4.45. The fourth-order valence-corrected chi connectivity index (χ4v) is 1.24. The highest BCUT2D eigenvalue weighted by molar-refractivity contribution is 5.49. The highest BCUT2D eigenvalue weighted by Crippen LogP contribution is 2.21. The summed E-state index contributed by atoms with van der Waals surface area (Å²) < 4.78 is 36.9. The van der Waals surface area contributed by atoms with E-state index in [0.717, 1.165) is 4.90 Å². The minimum Gasteiger partial charge on any atom is -0.395 e. The van der Waals surface area contributed by atoms with Gasteiger partial charge in [-0.1, -0.05) is 0 Å². The van der Waals surface area contributed by atoms with E-state index in [4.69, 9.17) is 10.4 Å². The molecule has 1 aromatic heterocycles. The van der Waals surface area contributed by atoms with Gasteiger partial charge in [-0.2, -0.15) is 18.4 Å². The number of rotatable bonds is 4. The Kier molecular flexibility index (Phi) is 4.23. The Hall–Kier alpha value is -1.88. The van der Waals surface area contributed by atoms with Gasteiger partial charge in [-0.05, 0) is 0 Å². The zero-order chi connectivity index (χ0) is 12.9. The van der Waals surface area contributed by atoms with Crippen molar-refractivity contribution in [3.8, 4) is 6.07 Å². The molecule has 8 heteroatoms. The van der Waals surface area contributed by atoms with Gasteiger partial charge >= 0.3 is 6.18 Å². The molecule has 0 aliphatic heterocycles. The average molecular weight is 246 g/mol. The SMILES string of the molecule is N#Cc1nccnc1N(CCO)CC(F)(F)F. The van der Waals surface area contributed by atoms with E-state index in [9.17, 15) is 13.2 Å². The molecular weight excluding hydrogens is 237 g/mol. The number of halogens is 3. The second-order valence-electron chi connectivity index (χ2n) is 3.10. The van der Waals surface area contributed by atoms with Gasteiger partial charge in [0, 0.05) is 18.9 Å². The quantitative estimate of drug-likeness (QED) is 0.846. The van der Waals surface area contributed by atoms with E-state index in [0.29, 0.717) is 0 Å². The van der Waals surface area contributed by atoms with Crippen LogP contribution in [0.1, 0.15) is 5.69 Å². The van der Waals surface area contributed by atoms with Crippen LogP contribution in [0.15, 0.2) is 12.4 Å². The van der Waals surface area contributed by atoms with Crippen molar-refractivity contribution in [1.82, 2.24) is 9.97 Å². The molecule has 0 aromatic carbocycles. The normalized spacial score (nSPS) is 11.0. The van der Waals surface area contributed by atoms with Gasteiger partial charge < -0.3 is 10.0 Å². The standard InChI is InChI=1S/C9H9F3N4O/c10-9(11,12)6-16(3-4-17)8-7(5-13)14-1-2-15-8/h1-2,17H,3-4,6H2. The van der Waals surface area contributed by atoms with Crippen LogP contribution in [-0.4, -0.2) is 40.9 Å². The summed E-state index contributed by atoms with van der Waals surface area (Å²) in [5.74, 6) is -0.179. The molecule has 1 rings (SSSR count). The number of alkyl halides is 3. The van der Waals surface area contributed by atoms with Crippen molar-refractivity contribution in [1.29, 1.82) is 5.26 Å². The Balaban J connectivity index is 3.01. The monoisotopic (exact) mass is 246 g/mol. The Morgan fingerprint density at radius 1 is 1.35 bits per heavy atom. The molecule has 1 aromatic rings. The molecule has 17 heavy (non-hydrogen) atoms. The van der Waals surface area contributed by atoms with Gasteiger partial charge in [0.1, 0.15) is 12.6 Å². The van der Waals surface area contributed by atoms with Gasteiger partial charge in [0.05, 0.1) is 6.61 Å². The highest BCUT2D eigenvalue weighted by Gasteiger charge is 2.32. The lowest BCUT2D eigenvalue weighted by Crippen LogP contribution is -2.37. The summed E-state index contributed by atoms with van der Waals surface area (Å²) in [6.07, 6.45) is -2.04. The van der Waals surface area contributed by atoms with E-state index in [2.05, 4.69) is 9.97 Å². The molecule has 0 saturated carbocycles. The summed E-state index contributed by atoms with van der Waals surface area (Å²) in [6, 6.07) is 1.66. The Bertz CT molecular complexity index is 415. The van der Waals surface area contributed by atoms with Crippen LogP contribution in [0.25, 0.3) is 0 Å². The summed E-state index contributed by atoms with van der Waals surface area (Å²) in [6.45, 7) is -2.04. The molecule has 0 unspecified atom stereocenters. The van der Waals surface area contributed by atoms with E-state index in [1.54, 1.807) is 6.07 Å². The zero-order valence-corrected chi connectivity index (χ0v) is 8.65. The summed E-state index contributed by atoms with van der Waals surface area (Å²) in [5.41, 5.74) is -0.204. The van der Waals surface area contributed by atoms with E-state index >= 15 is 0 Å². The van der Waals surface area contributed by atoms with E-state index in [1.165, 1.54) is 12.4 Å². The summed E-state index contributed by atoms with van der Waals surface area (Å²) >= 11 is 0. The molecule has 0 aliphatic rings. The molecule has 0 radical (unpaired) electrons. The third-order valence-corrected chi connectivity index (χ3v) is 1.82. The molecule has 0 atom stereocenters. The lowest BCUT2D eigenvalue weighted by molar-refractivity contribution is -0.120. The van der Waals surface area contributed by atoms with Crippen LogP contribution >= 0.6 is 0 Å². The third kappa shape index (κ3) is 3.88. The predicted octanol–water partition coefficient (Wildman–Crippen LogP) is 0.709. The predicted molar refractivity (Wildman–Crippen MR) is 52.1 cm³/mol. The molecule has 0 bridgehead atoms. The maximum Gasteiger partial charge on any atom is 0.405 e. The first-order chi connectivity index (χ1) is 7.98. The van der Waals surface area contributed by atoms with Gasteiger partial charge in [-0.3, -0.25) is 0 Å². The number of aliphatic hydroxyl groups excluding tert-OH is 1. The Morgan fingerprint density at radius 3 is 2.53 bits per heavy atom. The fourth-order valence-electron chi connectivity index (χ4n) is 1.24. The maximum absolute atomic E-state index is 12.3. The smallest absolute Gasteiger partial charge is 0.395 e. The number of aromatic nitrogens is 2. The maximum atomic E-state index is 12.3. The molecule has 0 spiro atoms. The van der Waals surface area contributed by atoms with Crippen LogP contribution in [-0.2, 0) is 0 Å². The number of hydrogen-bond acceptors (Lipinski definition) is 5. The minimum absolute atomic E-state index is 0.179. The Labute approximate surface area is 95.1 Å². The summed E-state index contributed by atoms with van der Waals surface area (Å²) in [4.78, 5) is 8.07. The van der Waals surface area contributed by atoms with E-state index in [1.807, 2.05) is 0 Å². The van der Waals surface area contributed by atoms with Crippen LogP contribution in [0, 0.1) is 11.3 Å². The van der Waals surface area contributed by atoms with Crippen molar-refractivity contribution in [2.24, 2.45) is 0 Å². The van der Waals surface area contributed by atoms with Crippen molar-refractivity contribution in [3.63, 3.8) is 0 Å². The van der Waals surface area contributed by atoms with Crippen molar-refractivity contribution in [2.75, 3.05) is 24.6 Å². The fraction of sp³-hybridized carbons (Fsp3) is 0.444. The Morgan fingerprint density at radius 2 is 2.00 bits per heavy atom. The molecule has 0 fully saturated rings.